The third-order valence-corrected chi connectivity index (χ3v) is 3.87. The minimum Gasteiger partial charge on any atom is -0.376 e. The molecule has 6 nitrogen and oxygen atoms in total. The highest BCUT2D eigenvalue weighted by Gasteiger charge is 2.29. The number of ether oxygens (including phenoxy) is 1. The summed E-state index contributed by atoms with van der Waals surface area (Å²) in [7, 11) is 0. The molecule has 1 amide bonds. The van der Waals surface area contributed by atoms with Gasteiger partial charge in [-0.1, -0.05) is 0 Å². The van der Waals surface area contributed by atoms with Crippen molar-refractivity contribution in [3.05, 3.63) is 47.8 Å². The van der Waals surface area contributed by atoms with E-state index in [0.717, 1.165) is 25.0 Å². The fourth-order valence-electron chi connectivity index (χ4n) is 2.52. The summed E-state index contributed by atoms with van der Waals surface area (Å²) in [5.74, 6) is -0.243. The molecule has 26 heavy (non-hydrogen) atoms. The Morgan fingerprint density at radius 3 is 2.65 bits per heavy atom. The molecule has 138 valence electrons. The Morgan fingerprint density at radius 2 is 2.00 bits per heavy atom. The maximum Gasteiger partial charge on any atom is 0.416 e. The summed E-state index contributed by atoms with van der Waals surface area (Å²) < 4.78 is 43.2. The van der Waals surface area contributed by atoms with Gasteiger partial charge in [0.05, 0.1) is 11.7 Å². The number of anilines is 2. The van der Waals surface area contributed by atoms with E-state index in [0.29, 0.717) is 18.8 Å². The average molecular weight is 366 g/mol. The number of nitrogens with one attached hydrogen (secondary N) is 2. The maximum absolute atomic E-state index is 12.6. The average Bonchev–Trinajstić information content (AvgIpc) is 3.13. The van der Waals surface area contributed by atoms with Crippen LogP contribution in [0.2, 0.25) is 0 Å². The molecule has 0 radical (unpaired) electrons. The second-order valence-electron chi connectivity index (χ2n) is 5.81. The lowest BCUT2D eigenvalue weighted by molar-refractivity contribution is -0.137. The van der Waals surface area contributed by atoms with Crippen LogP contribution < -0.4 is 10.6 Å². The highest BCUT2D eigenvalue weighted by Crippen LogP contribution is 2.30. The van der Waals surface area contributed by atoms with E-state index in [1.165, 1.54) is 24.4 Å². The summed E-state index contributed by atoms with van der Waals surface area (Å²) in [6, 6.07) is 5.93. The van der Waals surface area contributed by atoms with Crippen LogP contribution >= 0.6 is 0 Å². The summed E-state index contributed by atoms with van der Waals surface area (Å²) in [6.45, 7) is 1.11. The number of carbonyl (C=O) groups excluding carboxylic acids is 1. The first-order valence-electron chi connectivity index (χ1n) is 8.09. The predicted molar refractivity (Wildman–Crippen MR) is 88.1 cm³/mol. The molecule has 1 unspecified atom stereocenters. The van der Waals surface area contributed by atoms with Crippen LogP contribution in [0.3, 0.4) is 0 Å². The van der Waals surface area contributed by atoms with E-state index in [4.69, 9.17) is 4.74 Å². The van der Waals surface area contributed by atoms with Crippen molar-refractivity contribution in [2.45, 2.75) is 25.1 Å². The highest BCUT2D eigenvalue weighted by atomic mass is 19.4. The molecule has 1 fully saturated rings. The second-order valence-corrected chi connectivity index (χ2v) is 5.81. The van der Waals surface area contributed by atoms with Crippen LogP contribution in [0, 0.1) is 0 Å². The molecule has 3 rings (SSSR count). The van der Waals surface area contributed by atoms with Gasteiger partial charge in [0.2, 0.25) is 5.95 Å². The van der Waals surface area contributed by atoms with Gasteiger partial charge in [-0.25, -0.2) is 9.97 Å². The number of alkyl halides is 3. The summed E-state index contributed by atoms with van der Waals surface area (Å²) in [6.07, 6.45) is -1.08. The van der Waals surface area contributed by atoms with Crippen LogP contribution in [0.4, 0.5) is 24.8 Å². The van der Waals surface area contributed by atoms with Crippen molar-refractivity contribution in [3.8, 4) is 0 Å². The van der Waals surface area contributed by atoms with Gasteiger partial charge >= 0.3 is 6.18 Å². The number of nitrogens with zero attached hydrogens (tertiary/aromatic N) is 2. The van der Waals surface area contributed by atoms with Gasteiger partial charge in [-0.05, 0) is 43.2 Å². The van der Waals surface area contributed by atoms with Crippen molar-refractivity contribution in [1.29, 1.82) is 0 Å². The van der Waals surface area contributed by atoms with E-state index < -0.39 is 11.7 Å². The Bertz CT molecular complexity index is 759. The van der Waals surface area contributed by atoms with Gasteiger partial charge < -0.3 is 15.4 Å². The lowest BCUT2D eigenvalue weighted by atomic mass is 10.2. The smallest absolute Gasteiger partial charge is 0.376 e. The van der Waals surface area contributed by atoms with Crippen LogP contribution in [-0.4, -0.2) is 35.1 Å². The number of amides is 1. The van der Waals surface area contributed by atoms with E-state index in [9.17, 15) is 18.0 Å². The maximum atomic E-state index is 12.6. The number of benzene rings is 1. The molecule has 9 heteroatoms. The molecule has 1 aromatic carbocycles. The van der Waals surface area contributed by atoms with E-state index in [1.54, 1.807) is 0 Å². The summed E-state index contributed by atoms with van der Waals surface area (Å²) in [4.78, 5) is 20.2. The zero-order valence-electron chi connectivity index (χ0n) is 13.7. The quantitative estimate of drug-likeness (QED) is 0.850. The fraction of sp³-hybridized carbons (Fsp3) is 0.353. The van der Waals surface area contributed by atoms with Crippen LogP contribution in [0.5, 0.6) is 0 Å². The lowest BCUT2D eigenvalue weighted by Gasteiger charge is -2.11. The molecule has 2 heterocycles. The molecular weight excluding hydrogens is 349 g/mol. The lowest BCUT2D eigenvalue weighted by Crippen LogP contribution is -2.32. The van der Waals surface area contributed by atoms with Crippen molar-refractivity contribution in [2.24, 2.45) is 0 Å². The number of rotatable bonds is 5. The molecule has 1 atom stereocenters. The van der Waals surface area contributed by atoms with Crippen LogP contribution in [-0.2, 0) is 10.9 Å². The van der Waals surface area contributed by atoms with E-state index in [2.05, 4.69) is 20.6 Å². The topological polar surface area (TPSA) is 76.1 Å². The molecule has 2 aromatic rings. The summed E-state index contributed by atoms with van der Waals surface area (Å²) in [5.41, 5.74) is -0.200. The molecule has 2 N–H and O–H groups in total. The van der Waals surface area contributed by atoms with E-state index >= 15 is 0 Å². The minimum absolute atomic E-state index is 0.0190. The van der Waals surface area contributed by atoms with Crippen molar-refractivity contribution < 1.29 is 22.7 Å². The Labute approximate surface area is 147 Å². The van der Waals surface area contributed by atoms with E-state index in [1.807, 2.05) is 0 Å². The molecule has 1 aliphatic rings. The Kier molecular flexibility index (Phi) is 5.36. The Hall–Kier alpha value is -2.68. The van der Waals surface area contributed by atoms with Crippen molar-refractivity contribution >= 4 is 17.5 Å². The zero-order valence-corrected chi connectivity index (χ0v) is 13.7. The standard InChI is InChI=1S/C17H17F3N4O2/c18-17(19,20)11-3-5-12(6-4-11)23-16-21-8-7-14(24-16)15(25)22-10-13-2-1-9-26-13/h3-8,13H,1-2,9-10H2,(H,22,25)(H,21,23,24). The molecule has 0 aliphatic carbocycles. The first-order valence-corrected chi connectivity index (χ1v) is 8.09. The summed E-state index contributed by atoms with van der Waals surface area (Å²) >= 11 is 0. The monoisotopic (exact) mass is 366 g/mol. The molecule has 0 bridgehead atoms. The summed E-state index contributed by atoms with van der Waals surface area (Å²) in [5, 5.41) is 5.53. The Balaban J connectivity index is 1.62. The van der Waals surface area contributed by atoms with Crippen LogP contribution in [0.25, 0.3) is 0 Å². The van der Waals surface area contributed by atoms with Gasteiger partial charge in [0.15, 0.2) is 0 Å². The second kappa shape index (κ2) is 7.69. The third-order valence-electron chi connectivity index (χ3n) is 3.87. The molecule has 1 aromatic heterocycles. The first-order chi connectivity index (χ1) is 12.4. The molecule has 1 aliphatic heterocycles. The van der Waals surface area contributed by atoms with E-state index in [-0.39, 0.29) is 23.7 Å². The largest absolute Gasteiger partial charge is 0.416 e. The van der Waals surface area contributed by atoms with Crippen molar-refractivity contribution in [2.75, 3.05) is 18.5 Å². The first kappa shape index (κ1) is 18.1. The molecular formula is C17H17F3N4O2. The SMILES string of the molecule is O=C(NCC1CCCO1)c1ccnc(Nc2ccc(C(F)(F)F)cc2)n1. The van der Waals surface area contributed by atoms with Gasteiger partial charge in [0.25, 0.3) is 5.91 Å². The highest BCUT2D eigenvalue weighted by molar-refractivity contribution is 5.92. The van der Waals surface area contributed by atoms with Crippen LogP contribution in [0.1, 0.15) is 28.9 Å². The predicted octanol–water partition coefficient (Wildman–Crippen LogP) is 3.15. The van der Waals surface area contributed by atoms with Crippen molar-refractivity contribution in [1.82, 2.24) is 15.3 Å². The normalized spacial score (nSPS) is 17.1. The van der Waals surface area contributed by atoms with Gasteiger partial charge in [-0.3, -0.25) is 4.79 Å². The number of carbonyl (C=O) groups is 1. The van der Waals surface area contributed by atoms with Crippen molar-refractivity contribution in [3.63, 3.8) is 0 Å². The number of hydrogen-bond acceptors (Lipinski definition) is 5. The zero-order chi connectivity index (χ0) is 18.6. The molecule has 0 spiro atoms. The van der Waals surface area contributed by atoms with Crippen LogP contribution in [0.15, 0.2) is 36.5 Å². The Morgan fingerprint density at radius 1 is 1.23 bits per heavy atom. The van der Waals surface area contributed by atoms with Gasteiger partial charge in [-0.2, -0.15) is 13.2 Å². The third kappa shape index (κ3) is 4.69. The number of aromatic nitrogens is 2. The minimum atomic E-state index is -4.39. The van der Waals surface area contributed by atoms with Gasteiger partial charge in [-0.15, -0.1) is 0 Å². The number of halogens is 3. The fourth-order valence-corrected chi connectivity index (χ4v) is 2.52. The van der Waals surface area contributed by atoms with Gasteiger partial charge in [0, 0.05) is 25.0 Å². The molecule has 0 saturated carbocycles. The van der Waals surface area contributed by atoms with Gasteiger partial charge in [0.1, 0.15) is 5.69 Å². The molecule has 1 saturated heterocycles. The number of hydrogen-bond donors (Lipinski definition) is 2.